The first-order valence-electron chi connectivity index (χ1n) is 5.83. The van der Waals surface area contributed by atoms with E-state index in [0.29, 0.717) is 17.3 Å². The first-order chi connectivity index (χ1) is 7.66. The van der Waals surface area contributed by atoms with Crippen molar-refractivity contribution in [1.82, 2.24) is 0 Å². The summed E-state index contributed by atoms with van der Waals surface area (Å²) in [5, 5.41) is 0. The van der Waals surface area contributed by atoms with E-state index in [1.54, 1.807) is 0 Å². The molecule has 0 aromatic heterocycles. The van der Waals surface area contributed by atoms with Gasteiger partial charge in [-0.1, -0.05) is 25.2 Å². The van der Waals surface area contributed by atoms with Gasteiger partial charge >= 0.3 is 0 Å². The molecule has 1 aliphatic rings. The summed E-state index contributed by atoms with van der Waals surface area (Å²) in [5.74, 6) is 7.84. The molecule has 16 heavy (non-hydrogen) atoms. The van der Waals surface area contributed by atoms with Crippen LogP contribution < -0.4 is 11.5 Å². The van der Waals surface area contributed by atoms with Crippen LogP contribution in [0.15, 0.2) is 18.2 Å². The Morgan fingerprint density at radius 1 is 1.19 bits per heavy atom. The minimum Gasteiger partial charge on any atom is -0.397 e. The van der Waals surface area contributed by atoms with Gasteiger partial charge in [-0.15, -0.1) is 0 Å². The standard InChI is InChI=1S/C14H18N2/c1-10-3-2-4-12(10)7-5-11-6-8-13(15)14(16)9-11/h6,8-10,12H,2-4,15-16H2,1H3. The molecule has 1 saturated carbocycles. The van der Waals surface area contributed by atoms with Gasteiger partial charge in [-0.05, 0) is 37.0 Å². The van der Waals surface area contributed by atoms with E-state index in [4.69, 9.17) is 11.5 Å². The molecule has 0 aliphatic heterocycles. The molecule has 1 aliphatic carbocycles. The highest BCUT2D eigenvalue weighted by molar-refractivity contribution is 5.65. The number of hydrogen-bond acceptors (Lipinski definition) is 2. The van der Waals surface area contributed by atoms with E-state index in [9.17, 15) is 0 Å². The maximum Gasteiger partial charge on any atom is 0.0560 e. The third-order valence-corrected chi connectivity index (χ3v) is 3.35. The lowest BCUT2D eigenvalue weighted by atomic mass is 9.98. The zero-order valence-electron chi connectivity index (χ0n) is 9.66. The third-order valence-electron chi connectivity index (χ3n) is 3.35. The molecule has 2 rings (SSSR count). The summed E-state index contributed by atoms with van der Waals surface area (Å²) in [6, 6.07) is 5.59. The number of benzene rings is 1. The molecule has 84 valence electrons. The number of nitrogen functional groups attached to an aromatic ring is 2. The average molecular weight is 214 g/mol. The fraction of sp³-hybridized carbons (Fsp3) is 0.429. The predicted molar refractivity (Wildman–Crippen MR) is 68.6 cm³/mol. The number of nitrogens with two attached hydrogens (primary N) is 2. The van der Waals surface area contributed by atoms with Crippen LogP contribution in [-0.2, 0) is 0 Å². The summed E-state index contributed by atoms with van der Waals surface area (Å²) in [4.78, 5) is 0. The van der Waals surface area contributed by atoms with Gasteiger partial charge < -0.3 is 11.5 Å². The number of rotatable bonds is 0. The predicted octanol–water partition coefficient (Wildman–Crippen LogP) is 2.64. The summed E-state index contributed by atoms with van der Waals surface area (Å²) < 4.78 is 0. The van der Waals surface area contributed by atoms with Crippen LogP contribution in [0.3, 0.4) is 0 Å². The minimum absolute atomic E-state index is 0.554. The van der Waals surface area contributed by atoms with Crippen LogP contribution in [0.2, 0.25) is 0 Å². The average Bonchev–Trinajstić information content (AvgIpc) is 2.66. The Bertz CT molecular complexity index is 440. The summed E-state index contributed by atoms with van der Waals surface area (Å²) in [7, 11) is 0. The van der Waals surface area contributed by atoms with E-state index in [2.05, 4.69) is 18.8 Å². The van der Waals surface area contributed by atoms with Crippen molar-refractivity contribution in [3.8, 4) is 11.8 Å². The molecule has 2 unspecified atom stereocenters. The molecule has 4 N–H and O–H groups in total. The molecular formula is C14H18N2. The Kier molecular flexibility index (Phi) is 3.05. The van der Waals surface area contributed by atoms with Crippen molar-refractivity contribution in [2.45, 2.75) is 26.2 Å². The lowest BCUT2D eigenvalue weighted by Crippen LogP contribution is -2.00. The maximum absolute atomic E-state index is 5.74. The third kappa shape index (κ3) is 2.30. The minimum atomic E-state index is 0.554. The molecule has 0 amide bonds. The SMILES string of the molecule is CC1CCCC1C#Cc1ccc(N)c(N)c1. The molecule has 0 bridgehead atoms. The summed E-state index contributed by atoms with van der Waals surface area (Å²) in [5.41, 5.74) is 13.6. The molecule has 0 saturated heterocycles. The van der Waals surface area contributed by atoms with Crippen LogP contribution in [0.25, 0.3) is 0 Å². The largest absolute Gasteiger partial charge is 0.397 e. The molecule has 0 radical (unpaired) electrons. The van der Waals surface area contributed by atoms with E-state index in [0.717, 1.165) is 11.5 Å². The zero-order valence-corrected chi connectivity index (χ0v) is 9.66. The van der Waals surface area contributed by atoms with Crippen molar-refractivity contribution in [3.63, 3.8) is 0 Å². The van der Waals surface area contributed by atoms with Crippen LogP contribution in [0.1, 0.15) is 31.7 Å². The monoisotopic (exact) mass is 214 g/mol. The maximum atomic E-state index is 5.74. The van der Waals surface area contributed by atoms with Crippen molar-refractivity contribution in [1.29, 1.82) is 0 Å². The summed E-state index contributed by atoms with van der Waals surface area (Å²) >= 11 is 0. The van der Waals surface area contributed by atoms with E-state index in [-0.39, 0.29) is 0 Å². The van der Waals surface area contributed by atoms with Gasteiger partial charge in [0.2, 0.25) is 0 Å². The van der Waals surface area contributed by atoms with Gasteiger partial charge in [-0.2, -0.15) is 0 Å². The summed E-state index contributed by atoms with van der Waals surface area (Å²) in [6.07, 6.45) is 3.85. The van der Waals surface area contributed by atoms with Gasteiger partial charge in [-0.3, -0.25) is 0 Å². The van der Waals surface area contributed by atoms with Crippen LogP contribution in [0.4, 0.5) is 11.4 Å². The fourth-order valence-electron chi connectivity index (χ4n) is 2.19. The van der Waals surface area contributed by atoms with E-state index in [1.807, 2.05) is 18.2 Å². The van der Waals surface area contributed by atoms with Gasteiger partial charge in [0, 0.05) is 11.5 Å². The first-order valence-corrected chi connectivity index (χ1v) is 5.83. The molecule has 0 heterocycles. The normalized spacial score (nSPS) is 23.8. The molecule has 1 aromatic rings. The van der Waals surface area contributed by atoms with Crippen molar-refractivity contribution in [2.24, 2.45) is 11.8 Å². The van der Waals surface area contributed by atoms with Gasteiger partial charge in [0.1, 0.15) is 0 Å². The van der Waals surface area contributed by atoms with Crippen molar-refractivity contribution >= 4 is 11.4 Å². The number of hydrogen-bond donors (Lipinski definition) is 2. The molecule has 2 atom stereocenters. The Labute approximate surface area is 97.0 Å². The summed E-state index contributed by atoms with van der Waals surface area (Å²) in [6.45, 7) is 2.28. The lowest BCUT2D eigenvalue weighted by Gasteiger charge is -2.06. The molecule has 1 aromatic carbocycles. The van der Waals surface area contributed by atoms with Crippen LogP contribution in [0.5, 0.6) is 0 Å². The van der Waals surface area contributed by atoms with Crippen molar-refractivity contribution < 1.29 is 0 Å². The van der Waals surface area contributed by atoms with E-state index >= 15 is 0 Å². The quantitative estimate of drug-likeness (QED) is 0.515. The van der Waals surface area contributed by atoms with E-state index < -0.39 is 0 Å². The Morgan fingerprint density at radius 3 is 2.62 bits per heavy atom. The topological polar surface area (TPSA) is 52.0 Å². The van der Waals surface area contributed by atoms with Crippen molar-refractivity contribution in [2.75, 3.05) is 11.5 Å². The van der Waals surface area contributed by atoms with Gasteiger partial charge in [0.15, 0.2) is 0 Å². The Balaban J connectivity index is 2.14. The molecule has 0 spiro atoms. The van der Waals surface area contributed by atoms with E-state index in [1.165, 1.54) is 19.3 Å². The fourth-order valence-corrected chi connectivity index (χ4v) is 2.19. The second-order valence-electron chi connectivity index (χ2n) is 4.63. The smallest absolute Gasteiger partial charge is 0.0560 e. The first kappa shape index (κ1) is 10.9. The molecular weight excluding hydrogens is 196 g/mol. The highest BCUT2D eigenvalue weighted by atomic mass is 14.7. The van der Waals surface area contributed by atoms with Crippen LogP contribution in [-0.4, -0.2) is 0 Å². The van der Waals surface area contributed by atoms with Gasteiger partial charge in [-0.25, -0.2) is 0 Å². The Morgan fingerprint density at radius 2 is 2.00 bits per heavy atom. The van der Waals surface area contributed by atoms with Crippen LogP contribution in [0, 0.1) is 23.7 Å². The van der Waals surface area contributed by atoms with Gasteiger partial charge in [0.05, 0.1) is 11.4 Å². The Hall–Kier alpha value is -1.62. The highest BCUT2D eigenvalue weighted by Gasteiger charge is 2.20. The molecule has 2 nitrogen and oxygen atoms in total. The van der Waals surface area contributed by atoms with Gasteiger partial charge in [0.25, 0.3) is 0 Å². The molecule has 1 fully saturated rings. The van der Waals surface area contributed by atoms with Crippen molar-refractivity contribution in [3.05, 3.63) is 23.8 Å². The highest BCUT2D eigenvalue weighted by Crippen LogP contribution is 2.30. The lowest BCUT2D eigenvalue weighted by molar-refractivity contribution is 0.519. The second-order valence-corrected chi connectivity index (χ2v) is 4.63. The number of anilines is 2. The molecule has 2 heteroatoms. The zero-order chi connectivity index (χ0) is 11.5. The second kappa shape index (κ2) is 4.49. The van der Waals surface area contributed by atoms with Crippen LogP contribution >= 0.6 is 0 Å².